The van der Waals surface area contributed by atoms with Crippen LogP contribution in [0.4, 0.5) is 0 Å². The van der Waals surface area contributed by atoms with Crippen LogP contribution in [-0.4, -0.2) is 46.5 Å². The third kappa shape index (κ3) is 8.28. The van der Waals surface area contributed by atoms with Crippen LogP contribution in [0.25, 0.3) is 0 Å². The van der Waals surface area contributed by atoms with Gasteiger partial charge >= 0.3 is 0 Å². The molecule has 0 amide bonds. The topological polar surface area (TPSA) is 44.7 Å². The third-order valence-electron chi connectivity index (χ3n) is 7.89. The Morgan fingerprint density at radius 2 is 1.32 bits per heavy atom. The van der Waals surface area contributed by atoms with Crippen LogP contribution in [0.1, 0.15) is 119 Å². The zero-order chi connectivity index (χ0) is 23.1. The van der Waals surface area contributed by atoms with Gasteiger partial charge in [-0.05, 0) is 64.7 Å². The molecule has 4 atom stereocenters. The molecule has 1 heterocycles. The molecule has 31 heavy (non-hydrogen) atoms. The van der Waals surface area contributed by atoms with E-state index in [4.69, 9.17) is 4.84 Å². The molecule has 1 saturated heterocycles. The van der Waals surface area contributed by atoms with Gasteiger partial charge in [0.15, 0.2) is 0 Å². The number of hydrogen-bond acceptors (Lipinski definition) is 4. The van der Waals surface area contributed by atoms with Crippen LogP contribution in [0.3, 0.4) is 0 Å². The number of nitrogens with zero attached hydrogens (tertiary/aromatic N) is 1. The fraction of sp³-hybridized carbons (Fsp3) is 1.00. The highest BCUT2D eigenvalue weighted by atomic mass is 16.7. The fourth-order valence-electron chi connectivity index (χ4n) is 5.86. The Kier molecular flexibility index (Phi) is 10.8. The van der Waals surface area contributed by atoms with Gasteiger partial charge in [0, 0.05) is 13.1 Å². The van der Waals surface area contributed by atoms with Gasteiger partial charge in [-0.25, -0.2) is 0 Å². The molecule has 2 unspecified atom stereocenters. The Hall–Kier alpha value is -0.160. The number of aliphatic hydroxyl groups excluding tert-OH is 1. The minimum Gasteiger partial charge on any atom is -0.390 e. The number of aliphatic hydroxyl groups is 1. The van der Waals surface area contributed by atoms with E-state index < -0.39 is 0 Å². The van der Waals surface area contributed by atoms with E-state index >= 15 is 0 Å². The van der Waals surface area contributed by atoms with Gasteiger partial charge in [-0.2, -0.15) is 5.06 Å². The zero-order valence-electron chi connectivity index (χ0n) is 21.9. The standard InChI is InChI=1S/C27H54N2O2/c1-21(2)23-15-13-11-9-8-10-12-14-16-24(30)25(22(3)17-18-23)31-29-26(4,5)19-28-20-27(29,6)7/h21-25,28,30H,8-20H2,1-7H3/t22?,23?,24-,25+/m1/s1. The maximum absolute atomic E-state index is 11.3. The van der Waals surface area contributed by atoms with Crippen molar-refractivity contribution in [2.45, 2.75) is 142 Å². The predicted molar refractivity (Wildman–Crippen MR) is 132 cm³/mol. The van der Waals surface area contributed by atoms with E-state index in [1.54, 1.807) is 0 Å². The highest BCUT2D eigenvalue weighted by Crippen LogP contribution is 2.34. The molecule has 1 aliphatic carbocycles. The first-order valence-corrected chi connectivity index (χ1v) is 13.4. The van der Waals surface area contributed by atoms with Crippen molar-refractivity contribution < 1.29 is 9.94 Å². The lowest BCUT2D eigenvalue weighted by atomic mass is 9.82. The summed E-state index contributed by atoms with van der Waals surface area (Å²) in [6.07, 6.45) is 13.2. The van der Waals surface area contributed by atoms with Gasteiger partial charge in [-0.15, -0.1) is 0 Å². The number of piperazine rings is 1. The molecule has 0 aromatic heterocycles. The molecule has 0 radical (unpaired) electrons. The summed E-state index contributed by atoms with van der Waals surface area (Å²) in [5.74, 6) is 1.87. The average Bonchev–Trinajstić information content (AvgIpc) is 2.67. The molecule has 1 aliphatic heterocycles. The van der Waals surface area contributed by atoms with Gasteiger partial charge in [0.05, 0.1) is 17.2 Å². The second-order valence-electron chi connectivity index (χ2n) is 12.3. The summed E-state index contributed by atoms with van der Waals surface area (Å²) in [4.78, 5) is 6.81. The fourth-order valence-corrected chi connectivity index (χ4v) is 5.86. The van der Waals surface area contributed by atoms with E-state index in [9.17, 15) is 5.11 Å². The molecule has 184 valence electrons. The highest BCUT2D eigenvalue weighted by Gasteiger charge is 2.45. The first-order chi connectivity index (χ1) is 14.5. The van der Waals surface area contributed by atoms with Crippen molar-refractivity contribution in [3.8, 4) is 0 Å². The molecule has 2 N–H and O–H groups in total. The van der Waals surface area contributed by atoms with Gasteiger partial charge in [-0.3, -0.25) is 4.84 Å². The molecule has 0 bridgehead atoms. The third-order valence-corrected chi connectivity index (χ3v) is 7.89. The van der Waals surface area contributed by atoms with Crippen LogP contribution in [-0.2, 0) is 4.84 Å². The Bertz CT molecular complexity index is 489. The smallest absolute Gasteiger partial charge is 0.108 e. The lowest BCUT2D eigenvalue weighted by molar-refractivity contribution is -0.320. The molecule has 4 heteroatoms. The molecule has 0 aromatic carbocycles. The predicted octanol–water partition coefficient (Wildman–Crippen LogP) is 6.32. The van der Waals surface area contributed by atoms with Crippen molar-refractivity contribution in [2.75, 3.05) is 13.1 Å². The van der Waals surface area contributed by atoms with Crippen LogP contribution in [0.15, 0.2) is 0 Å². The van der Waals surface area contributed by atoms with Gasteiger partial charge < -0.3 is 10.4 Å². The van der Waals surface area contributed by atoms with Gasteiger partial charge in [0.2, 0.25) is 0 Å². The Labute approximate surface area is 193 Å². The maximum Gasteiger partial charge on any atom is 0.108 e. The Balaban J connectivity index is 2.16. The largest absolute Gasteiger partial charge is 0.390 e. The van der Waals surface area contributed by atoms with Crippen molar-refractivity contribution in [3.63, 3.8) is 0 Å². The van der Waals surface area contributed by atoms with Crippen LogP contribution < -0.4 is 5.32 Å². The molecular formula is C27H54N2O2. The lowest BCUT2D eigenvalue weighted by Gasteiger charge is -2.53. The zero-order valence-corrected chi connectivity index (χ0v) is 21.9. The summed E-state index contributed by atoms with van der Waals surface area (Å²) in [6.45, 7) is 17.9. The number of rotatable bonds is 3. The first-order valence-electron chi connectivity index (χ1n) is 13.4. The van der Waals surface area contributed by atoms with E-state index in [1.807, 2.05) is 0 Å². The van der Waals surface area contributed by atoms with Crippen molar-refractivity contribution in [3.05, 3.63) is 0 Å². The van der Waals surface area contributed by atoms with Crippen molar-refractivity contribution in [1.29, 1.82) is 0 Å². The van der Waals surface area contributed by atoms with Crippen molar-refractivity contribution >= 4 is 0 Å². The lowest BCUT2D eigenvalue weighted by Crippen LogP contribution is -2.68. The molecule has 2 aliphatic rings. The SMILES string of the molecule is CC(C)C1CCCCCCCCC[C@@H](O)[C@@H](ON2C(C)(C)CNCC2(C)C)C(C)CC1. The van der Waals surface area contributed by atoms with Gasteiger partial charge in [-0.1, -0.05) is 72.1 Å². The molecule has 0 spiro atoms. The Morgan fingerprint density at radius 1 is 0.806 bits per heavy atom. The number of nitrogens with one attached hydrogen (secondary N) is 1. The minimum absolute atomic E-state index is 0.0986. The van der Waals surface area contributed by atoms with Crippen LogP contribution in [0.2, 0.25) is 0 Å². The van der Waals surface area contributed by atoms with Crippen LogP contribution in [0.5, 0.6) is 0 Å². The molecule has 4 nitrogen and oxygen atoms in total. The van der Waals surface area contributed by atoms with Crippen molar-refractivity contribution in [2.24, 2.45) is 17.8 Å². The molecule has 2 fully saturated rings. The van der Waals surface area contributed by atoms with Crippen LogP contribution in [0, 0.1) is 17.8 Å². The summed E-state index contributed by atoms with van der Waals surface area (Å²) in [5, 5.41) is 17.1. The monoisotopic (exact) mass is 438 g/mol. The Morgan fingerprint density at radius 3 is 1.87 bits per heavy atom. The summed E-state index contributed by atoms with van der Waals surface area (Å²) < 4.78 is 0. The van der Waals surface area contributed by atoms with E-state index in [2.05, 4.69) is 58.8 Å². The average molecular weight is 439 g/mol. The maximum atomic E-state index is 11.3. The van der Waals surface area contributed by atoms with E-state index in [-0.39, 0.29) is 23.3 Å². The van der Waals surface area contributed by atoms with Gasteiger partial charge in [0.1, 0.15) is 6.10 Å². The molecule has 2 rings (SSSR count). The minimum atomic E-state index is -0.390. The van der Waals surface area contributed by atoms with E-state index in [0.717, 1.165) is 44.2 Å². The quantitative estimate of drug-likeness (QED) is 0.541. The second-order valence-corrected chi connectivity index (χ2v) is 12.3. The van der Waals surface area contributed by atoms with Gasteiger partial charge in [0.25, 0.3) is 0 Å². The summed E-state index contributed by atoms with van der Waals surface area (Å²) in [7, 11) is 0. The summed E-state index contributed by atoms with van der Waals surface area (Å²) in [6, 6.07) is 0. The highest BCUT2D eigenvalue weighted by molar-refractivity contribution is 4.96. The van der Waals surface area contributed by atoms with Crippen LogP contribution >= 0.6 is 0 Å². The molecule has 1 saturated carbocycles. The molecular weight excluding hydrogens is 384 g/mol. The van der Waals surface area contributed by atoms with E-state index in [0.29, 0.717) is 5.92 Å². The molecule has 0 aromatic rings. The summed E-state index contributed by atoms with van der Waals surface area (Å²) >= 11 is 0. The first kappa shape index (κ1) is 27.1. The summed E-state index contributed by atoms with van der Waals surface area (Å²) in [5.41, 5.74) is -0.197. The second kappa shape index (κ2) is 12.3. The number of hydroxylamine groups is 2. The van der Waals surface area contributed by atoms with E-state index in [1.165, 1.54) is 51.4 Å². The van der Waals surface area contributed by atoms with Crippen molar-refractivity contribution in [1.82, 2.24) is 10.4 Å². The normalized spacial score (nSPS) is 34.7. The number of hydrogen-bond donors (Lipinski definition) is 2.